The van der Waals surface area contributed by atoms with Crippen LogP contribution < -0.4 is 11.0 Å². The Morgan fingerprint density at radius 3 is 2.81 bits per heavy atom. The molecule has 5 rings (SSSR count). The third kappa shape index (κ3) is 3.22. The second-order valence-corrected chi connectivity index (χ2v) is 9.89. The first-order valence-electron chi connectivity index (χ1n) is 11.2. The van der Waals surface area contributed by atoms with Crippen LogP contribution in [-0.2, 0) is 0 Å². The fourth-order valence-electron chi connectivity index (χ4n) is 5.62. The van der Waals surface area contributed by atoms with Gasteiger partial charge in [0.1, 0.15) is 11.8 Å². The standard InChI is InChI=1S/C23H26ClN5O2S/c1-13-17(8-7-15(10-25)19(13)24)29-21(30)20-18-9-16(28(20)23(29)31)12-27(18)22(32)26-11-14-5-3-2-4-6-14/h7-8,14,16,18,30H,2-6,9,11-12H2,1H3,(H,26,32). The quantitative estimate of drug-likeness (QED) is 0.659. The number of likely N-dealkylation sites (tertiary alicyclic amines) is 1. The van der Waals surface area contributed by atoms with Gasteiger partial charge in [-0.1, -0.05) is 30.9 Å². The molecule has 7 nitrogen and oxygen atoms in total. The zero-order valence-corrected chi connectivity index (χ0v) is 19.5. The van der Waals surface area contributed by atoms with Crippen LogP contribution in [-0.4, -0.2) is 37.3 Å². The molecule has 2 unspecified atom stereocenters. The van der Waals surface area contributed by atoms with Crippen LogP contribution in [0.5, 0.6) is 5.88 Å². The van der Waals surface area contributed by atoms with Crippen molar-refractivity contribution in [2.24, 2.45) is 5.92 Å². The first-order valence-corrected chi connectivity index (χ1v) is 12.0. The smallest absolute Gasteiger partial charge is 0.336 e. The van der Waals surface area contributed by atoms with Gasteiger partial charge in [-0.2, -0.15) is 5.26 Å². The van der Waals surface area contributed by atoms with Gasteiger partial charge in [0.05, 0.1) is 28.4 Å². The summed E-state index contributed by atoms with van der Waals surface area (Å²) in [5, 5.41) is 24.8. The fraction of sp³-hybridized carbons (Fsp3) is 0.522. The largest absolute Gasteiger partial charge is 0.493 e. The van der Waals surface area contributed by atoms with Gasteiger partial charge in [-0.15, -0.1) is 0 Å². The normalized spacial score (nSPS) is 22.1. The van der Waals surface area contributed by atoms with Gasteiger partial charge < -0.3 is 15.3 Å². The van der Waals surface area contributed by atoms with Gasteiger partial charge in [-0.05, 0) is 62.0 Å². The van der Waals surface area contributed by atoms with Crippen molar-refractivity contribution in [1.82, 2.24) is 19.4 Å². The Labute approximate surface area is 197 Å². The lowest BCUT2D eigenvalue weighted by atomic mass is 9.89. The van der Waals surface area contributed by atoms with E-state index in [1.807, 2.05) is 6.07 Å². The second-order valence-electron chi connectivity index (χ2n) is 9.13. The summed E-state index contributed by atoms with van der Waals surface area (Å²) >= 11 is 12.0. The van der Waals surface area contributed by atoms with Crippen LogP contribution in [0.2, 0.25) is 5.02 Å². The first-order chi connectivity index (χ1) is 15.4. The number of hydrogen-bond donors (Lipinski definition) is 2. The summed E-state index contributed by atoms with van der Waals surface area (Å²) in [6.45, 7) is 3.29. The molecule has 0 radical (unpaired) electrons. The number of fused-ring (bicyclic) bond motifs is 5. The molecule has 2 N–H and O–H groups in total. The summed E-state index contributed by atoms with van der Waals surface area (Å²) in [5.41, 5.74) is 1.74. The van der Waals surface area contributed by atoms with Gasteiger partial charge in [0.15, 0.2) is 5.11 Å². The highest BCUT2D eigenvalue weighted by molar-refractivity contribution is 7.80. The molecule has 1 aromatic heterocycles. The van der Waals surface area contributed by atoms with Crippen LogP contribution in [0.1, 0.15) is 67.4 Å². The van der Waals surface area contributed by atoms with Gasteiger partial charge in [0, 0.05) is 13.1 Å². The lowest BCUT2D eigenvalue weighted by Gasteiger charge is -2.31. The minimum absolute atomic E-state index is 0.0294. The number of imidazole rings is 1. The number of aromatic hydroxyl groups is 1. The molecule has 2 fully saturated rings. The molecule has 0 amide bonds. The van der Waals surface area contributed by atoms with E-state index in [2.05, 4.69) is 10.2 Å². The Hall–Kier alpha value is -2.50. The number of thiocarbonyl (C=S) groups is 1. The minimum Gasteiger partial charge on any atom is -0.493 e. The van der Waals surface area contributed by atoms with E-state index in [0.717, 1.165) is 13.0 Å². The van der Waals surface area contributed by atoms with Crippen molar-refractivity contribution in [3.05, 3.63) is 44.5 Å². The molecule has 32 heavy (non-hydrogen) atoms. The average Bonchev–Trinajstić information content (AvgIpc) is 3.47. The van der Waals surface area contributed by atoms with Crippen molar-refractivity contribution in [2.75, 3.05) is 13.1 Å². The number of halogens is 1. The van der Waals surface area contributed by atoms with Crippen molar-refractivity contribution in [2.45, 2.75) is 57.5 Å². The summed E-state index contributed by atoms with van der Waals surface area (Å²) < 4.78 is 3.00. The molecule has 168 valence electrons. The van der Waals surface area contributed by atoms with E-state index in [-0.39, 0.29) is 23.7 Å². The second kappa shape index (κ2) is 8.13. The van der Waals surface area contributed by atoms with E-state index in [1.54, 1.807) is 23.6 Å². The average molecular weight is 472 g/mol. The van der Waals surface area contributed by atoms with E-state index >= 15 is 0 Å². The molecular formula is C23H26ClN5O2S. The molecular weight excluding hydrogens is 446 g/mol. The number of nitriles is 1. The van der Waals surface area contributed by atoms with Crippen molar-refractivity contribution in [3.8, 4) is 17.6 Å². The third-order valence-corrected chi connectivity index (χ3v) is 8.17. The molecule has 1 aliphatic carbocycles. The predicted octanol–water partition coefficient (Wildman–Crippen LogP) is 3.93. The number of nitrogens with one attached hydrogen (secondary N) is 1. The van der Waals surface area contributed by atoms with Gasteiger partial charge in [0.2, 0.25) is 5.88 Å². The van der Waals surface area contributed by atoms with Crippen LogP contribution in [0, 0.1) is 24.2 Å². The van der Waals surface area contributed by atoms with E-state index in [9.17, 15) is 15.2 Å². The maximum Gasteiger partial charge on any atom is 0.336 e. The molecule has 3 aliphatic rings. The summed E-state index contributed by atoms with van der Waals surface area (Å²) in [7, 11) is 0. The molecule has 1 saturated carbocycles. The molecule has 9 heteroatoms. The summed E-state index contributed by atoms with van der Waals surface area (Å²) in [6.07, 6.45) is 7.17. The highest BCUT2D eigenvalue weighted by Gasteiger charge is 2.48. The Balaban J connectivity index is 1.43. The summed E-state index contributed by atoms with van der Waals surface area (Å²) in [5.74, 6) is 0.587. The number of rotatable bonds is 3. The van der Waals surface area contributed by atoms with Crippen molar-refractivity contribution < 1.29 is 5.11 Å². The Morgan fingerprint density at radius 1 is 1.34 bits per heavy atom. The SMILES string of the molecule is Cc1c(-n2c(O)c3n(c2=O)C2CC3N(C(=S)NCC3CCCCC3)C2)ccc(C#N)c1Cl. The topological polar surface area (TPSA) is 86.2 Å². The summed E-state index contributed by atoms with van der Waals surface area (Å²) in [6, 6.07) is 5.12. The fourth-order valence-corrected chi connectivity index (χ4v) is 6.10. The molecule has 1 aromatic carbocycles. The van der Waals surface area contributed by atoms with E-state index in [1.165, 1.54) is 36.7 Å². The molecule has 3 heterocycles. The highest BCUT2D eigenvalue weighted by Crippen LogP contribution is 2.48. The molecule has 2 aliphatic heterocycles. The van der Waals surface area contributed by atoms with Crippen molar-refractivity contribution in [1.29, 1.82) is 5.26 Å². The van der Waals surface area contributed by atoms with Crippen LogP contribution >= 0.6 is 23.8 Å². The zero-order chi connectivity index (χ0) is 22.6. The number of hydrogen-bond acceptors (Lipinski definition) is 4. The third-order valence-electron chi connectivity index (χ3n) is 7.30. The molecule has 2 bridgehead atoms. The monoisotopic (exact) mass is 471 g/mol. The lowest BCUT2D eigenvalue weighted by Crippen LogP contribution is -2.44. The van der Waals surface area contributed by atoms with Crippen LogP contribution in [0.15, 0.2) is 16.9 Å². The Kier molecular flexibility index (Phi) is 5.42. The van der Waals surface area contributed by atoms with E-state index in [0.29, 0.717) is 45.1 Å². The summed E-state index contributed by atoms with van der Waals surface area (Å²) in [4.78, 5) is 15.4. The zero-order valence-electron chi connectivity index (χ0n) is 18.0. The number of nitrogens with zero attached hydrogens (tertiary/aromatic N) is 4. The van der Waals surface area contributed by atoms with Gasteiger partial charge >= 0.3 is 5.69 Å². The number of benzene rings is 1. The predicted molar refractivity (Wildman–Crippen MR) is 126 cm³/mol. The molecule has 0 spiro atoms. The Morgan fingerprint density at radius 2 is 2.09 bits per heavy atom. The lowest BCUT2D eigenvalue weighted by molar-refractivity contribution is 0.320. The van der Waals surface area contributed by atoms with Gasteiger partial charge in [0.25, 0.3) is 0 Å². The van der Waals surface area contributed by atoms with Crippen LogP contribution in [0.25, 0.3) is 5.69 Å². The maximum atomic E-state index is 13.3. The van der Waals surface area contributed by atoms with Crippen molar-refractivity contribution in [3.63, 3.8) is 0 Å². The minimum atomic E-state index is -0.283. The Bertz CT molecular complexity index is 1190. The van der Waals surface area contributed by atoms with Crippen LogP contribution in [0.4, 0.5) is 0 Å². The first kappa shape index (κ1) is 21.4. The van der Waals surface area contributed by atoms with E-state index in [4.69, 9.17) is 23.8 Å². The van der Waals surface area contributed by atoms with Crippen molar-refractivity contribution >= 4 is 28.9 Å². The highest BCUT2D eigenvalue weighted by atomic mass is 35.5. The number of aromatic nitrogens is 2. The molecule has 1 saturated heterocycles. The van der Waals surface area contributed by atoms with Gasteiger partial charge in [-0.25, -0.2) is 9.36 Å². The van der Waals surface area contributed by atoms with E-state index < -0.39 is 0 Å². The maximum absolute atomic E-state index is 13.3. The van der Waals surface area contributed by atoms with Crippen LogP contribution in [0.3, 0.4) is 0 Å². The molecule has 2 aromatic rings. The van der Waals surface area contributed by atoms with Gasteiger partial charge in [-0.3, -0.25) is 4.57 Å². The molecule has 2 atom stereocenters.